The number of aromatic nitrogens is 2. The lowest BCUT2D eigenvalue weighted by Gasteiger charge is -2.19. The zero-order valence-corrected chi connectivity index (χ0v) is 10.4. The van der Waals surface area contributed by atoms with Gasteiger partial charge in [-0.15, -0.1) is 0 Å². The van der Waals surface area contributed by atoms with E-state index in [1.165, 1.54) is 25.3 Å². The number of hydrogen-bond donors (Lipinski definition) is 2. The van der Waals surface area contributed by atoms with Crippen molar-refractivity contribution in [3.63, 3.8) is 0 Å². The van der Waals surface area contributed by atoms with E-state index in [9.17, 15) is 4.79 Å². The Morgan fingerprint density at radius 2 is 2.38 bits per heavy atom. The smallest absolute Gasteiger partial charge is 0.252 e. The lowest BCUT2D eigenvalue weighted by atomic mass is 10.2. The van der Waals surface area contributed by atoms with Crippen LogP contribution in [-0.4, -0.2) is 27.5 Å². The number of H-pyrrole nitrogens is 1. The van der Waals surface area contributed by atoms with Crippen LogP contribution in [-0.2, 0) is 0 Å². The molecule has 88 valence electrons. The minimum absolute atomic E-state index is 0.0892. The molecule has 1 aromatic heterocycles. The first-order chi connectivity index (χ1) is 7.69. The molecule has 0 radical (unpaired) electrons. The van der Waals surface area contributed by atoms with Gasteiger partial charge in [-0.3, -0.25) is 4.79 Å². The van der Waals surface area contributed by atoms with E-state index in [1.54, 1.807) is 6.92 Å². The van der Waals surface area contributed by atoms with Crippen molar-refractivity contribution in [1.82, 2.24) is 9.97 Å². The molecule has 1 aliphatic rings. The van der Waals surface area contributed by atoms with Gasteiger partial charge >= 0.3 is 0 Å². The first-order valence-corrected chi connectivity index (χ1v) is 6.85. The van der Waals surface area contributed by atoms with Gasteiger partial charge in [0.15, 0.2) is 0 Å². The molecule has 1 saturated carbocycles. The molecular weight excluding hydrogens is 222 g/mol. The van der Waals surface area contributed by atoms with Crippen LogP contribution < -0.4 is 10.9 Å². The molecule has 2 atom stereocenters. The first kappa shape index (κ1) is 11.5. The number of nitrogens with zero attached hydrogens (tertiary/aromatic N) is 1. The van der Waals surface area contributed by atoms with E-state index in [2.05, 4.69) is 21.5 Å². The average Bonchev–Trinajstić information content (AvgIpc) is 2.63. The fourth-order valence-corrected chi connectivity index (χ4v) is 3.15. The van der Waals surface area contributed by atoms with Gasteiger partial charge in [0.2, 0.25) is 0 Å². The van der Waals surface area contributed by atoms with Crippen LogP contribution in [0.5, 0.6) is 0 Å². The van der Waals surface area contributed by atoms with Crippen LogP contribution in [0.25, 0.3) is 0 Å². The molecule has 16 heavy (non-hydrogen) atoms. The number of anilines is 1. The van der Waals surface area contributed by atoms with Gasteiger partial charge in [0.05, 0.1) is 0 Å². The Morgan fingerprint density at radius 3 is 3.06 bits per heavy atom. The summed E-state index contributed by atoms with van der Waals surface area (Å²) in [5.41, 5.74) is -0.0892. The number of aryl methyl sites for hydroxylation is 1. The van der Waals surface area contributed by atoms with Crippen LogP contribution in [0.3, 0.4) is 0 Å². The van der Waals surface area contributed by atoms with Crippen molar-refractivity contribution in [2.45, 2.75) is 37.5 Å². The second kappa shape index (κ2) is 4.91. The van der Waals surface area contributed by atoms with Gasteiger partial charge in [0.1, 0.15) is 11.6 Å². The summed E-state index contributed by atoms with van der Waals surface area (Å²) in [7, 11) is 0. The van der Waals surface area contributed by atoms with Crippen molar-refractivity contribution in [2.75, 3.05) is 11.6 Å². The third-order valence-electron chi connectivity index (χ3n) is 2.95. The molecule has 0 spiro atoms. The molecule has 5 heteroatoms. The van der Waals surface area contributed by atoms with Gasteiger partial charge < -0.3 is 10.3 Å². The number of rotatable bonds is 3. The fourth-order valence-electron chi connectivity index (χ4n) is 2.22. The highest BCUT2D eigenvalue weighted by atomic mass is 32.2. The van der Waals surface area contributed by atoms with Gasteiger partial charge in [-0.05, 0) is 26.0 Å². The van der Waals surface area contributed by atoms with Gasteiger partial charge in [0.25, 0.3) is 5.56 Å². The van der Waals surface area contributed by atoms with Crippen LogP contribution in [0.1, 0.15) is 25.1 Å². The molecule has 0 bridgehead atoms. The Balaban J connectivity index is 2.11. The molecule has 1 aromatic rings. The van der Waals surface area contributed by atoms with E-state index in [1.807, 2.05) is 11.8 Å². The Labute approximate surface area is 99.3 Å². The topological polar surface area (TPSA) is 57.8 Å². The summed E-state index contributed by atoms with van der Waals surface area (Å²) >= 11 is 1.89. The highest BCUT2D eigenvalue weighted by molar-refractivity contribution is 7.99. The predicted molar refractivity (Wildman–Crippen MR) is 68.2 cm³/mol. The second-order valence-electron chi connectivity index (χ2n) is 4.17. The quantitative estimate of drug-likeness (QED) is 0.844. The maximum Gasteiger partial charge on any atom is 0.252 e. The van der Waals surface area contributed by atoms with Gasteiger partial charge in [-0.1, -0.05) is 6.42 Å². The Morgan fingerprint density at radius 1 is 1.56 bits per heavy atom. The zero-order chi connectivity index (χ0) is 11.5. The molecule has 0 aromatic carbocycles. The lowest BCUT2D eigenvalue weighted by Crippen LogP contribution is -2.27. The normalized spacial score (nSPS) is 24.6. The van der Waals surface area contributed by atoms with Crippen molar-refractivity contribution in [2.24, 2.45) is 0 Å². The number of nitrogens with one attached hydrogen (secondary N) is 2. The molecule has 2 rings (SSSR count). The fraction of sp³-hybridized carbons (Fsp3) is 0.636. The molecule has 1 heterocycles. The number of hydrogen-bond acceptors (Lipinski definition) is 4. The second-order valence-corrected chi connectivity index (χ2v) is 5.25. The molecule has 0 amide bonds. The van der Waals surface area contributed by atoms with Crippen molar-refractivity contribution < 1.29 is 0 Å². The SMILES string of the molecule is CSC1CCCC1Nc1cc(=O)[nH]c(C)n1. The summed E-state index contributed by atoms with van der Waals surface area (Å²) in [5.74, 6) is 1.36. The largest absolute Gasteiger partial charge is 0.366 e. The van der Waals surface area contributed by atoms with Crippen LogP contribution in [0.15, 0.2) is 10.9 Å². The third kappa shape index (κ3) is 2.58. The Bertz CT molecular complexity index is 418. The summed E-state index contributed by atoms with van der Waals surface area (Å²) in [5, 5.41) is 4.01. The van der Waals surface area contributed by atoms with Crippen LogP contribution >= 0.6 is 11.8 Å². The lowest BCUT2D eigenvalue weighted by molar-refractivity contribution is 0.760. The molecule has 1 aliphatic carbocycles. The van der Waals surface area contributed by atoms with Crippen molar-refractivity contribution >= 4 is 17.6 Å². The Kier molecular flexibility index (Phi) is 3.53. The number of thioether (sulfide) groups is 1. The summed E-state index contributed by atoms with van der Waals surface area (Å²) in [6, 6.07) is 1.98. The van der Waals surface area contributed by atoms with E-state index in [-0.39, 0.29) is 5.56 Å². The van der Waals surface area contributed by atoms with Gasteiger partial charge in [-0.25, -0.2) is 4.98 Å². The first-order valence-electron chi connectivity index (χ1n) is 5.56. The summed E-state index contributed by atoms with van der Waals surface area (Å²) in [6.07, 6.45) is 5.81. The number of aromatic amines is 1. The highest BCUT2D eigenvalue weighted by Crippen LogP contribution is 2.30. The zero-order valence-electron chi connectivity index (χ0n) is 9.62. The maximum atomic E-state index is 11.3. The van der Waals surface area contributed by atoms with Gasteiger partial charge in [-0.2, -0.15) is 11.8 Å². The van der Waals surface area contributed by atoms with Crippen LogP contribution in [0.4, 0.5) is 5.82 Å². The minimum Gasteiger partial charge on any atom is -0.366 e. The van der Waals surface area contributed by atoms with Gasteiger partial charge in [0, 0.05) is 17.4 Å². The molecule has 1 fully saturated rings. The van der Waals surface area contributed by atoms with Crippen molar-refractivity contribution in [3.8, 4) is 0 Å². The minimum atomic E-state index is -0.0892. The standard InChI is InChI=1S/C11H17N3OS/c1-7-12-10(6-11(15)13-7)14-8-4-3-5-9(8)16-2/h6,8-9H,3-5H2,1-2H3,(H2,12,13,14,15). The van der Waals surface area contributed by atoms with E-state index in [4.69, 9.17) is 0 Å². The monoisotopic (exact) mass is 239 g/mol. The molecule has 2 unspecified atom stereocenters. The summed E-state index contributed by atoms with van der Waals surface area (Å²) < 4.78 is 0. The van der Waals surface area contributed by atoms with Crippen LogP contribution in [0.2, 0.25) is 0 Å². The summed E-state index contributed by atoms with van der Waals surface area (Å²) in [6.45, 7) is 1.80. The van der Waals surface area contributed by atoms with Crippen molar-refractivity contribution in [1.29, 1.82) is 0 Å². The molecule has 2 N–H and O–H groups in total. The molecule has 0 saturated heterocycles. The predicted octanol–water partition coefficient (Wildman–Crippen LogP) is 1.77. The van der Waals surface area contributed by atoms with E-state index < -0.39 is 0 Å². The average molecular weight is 239 g/mol. The van der Waals surface area contributed by atoms with E-state index in [0.29, 0.717) is 22.9 Å². The van der Waals surface area contributed by atoms with Crippen molar-refractivity contribution in [3.05, 3.63) is 22.2 Å². The van der Waals surface area contributed by atoms with Crippen LogP contribution in [0, 0.1) is 6.92 Å². The summed E-state index contributed by atoms with van der Waals surface area (Å²) in [4.78, 5) is 18.2. The third-order valence-corrected chi connectivity index (χ3v) is 4.12. The Hall–Kier alpha value is -0.970. The molecule has 0 aliphatic heterocycles. The highest BCUT2D eigenvalue weighted by Gasteiger charge is 2.26. The maximum absolute atomic E-state index is 11.3. The molecule has 4 nitrogen and oxygen atoms in total. The van der Waals surface area contributed by atoms with E-state index >= 15 is 0 Å². The molecular formula is C11H17N3OS. The van der Waals surface area contributed by atoms with E-state index in [0.717, 1.165) is 0 Å².